The standard InChI is InChI=1S/C10H16O6S/c1-5(11)15-9-7(13)3-17-4-8(14)10(9)16-6(2)12/h7-10,13-14H,3-4H2,1-2H3/t7-,8-,9-,10-/m1/s1. The summed E-state index contributed by atoms with van der Waals surface area (Å²) < 4.78 is 9.86. The Labute approximate surface area is 103 Å². The molecular weight excluding hydrogens is 248 g/mol. The Kier molecular flexibility index (Phi) is 5.23. The maximum absolute atomic E-state index is 10.9. The predicted molar refractivity (Wildman–Crippen MR) is 60.4 cm³/mol. The fourth-order valence-electron chi connectivity index (χ4n) is 1.61. The third-order valence-electron chi connectivity index (χ3n) is 2.26. The molecule has 7 heteroatoms. The van der Waals surface area contributed by atoms with Gasteiger partial charge in [-0.3, -0.25) is 9.59 Å². The molecule has 17 heavy (non-hydrogen) atoms. The summed E-state index contributed by atoms with van der Waals surface area (Å²) in [6, 6.07) is 0. The molecular formula is C10H16O6S. The van der Waals surface area contributed by atoms with Crippen molar-refractivity contribution >= 4 is 23.7 Å². The highest BCUT2D eigenvalue weighted by molar-refractivity contribution is 7.99. The van der Waals surface area contributed by atoms with Crippen LogP contribution in [0.5, 0.6) is 0 Å². The number of rotatable bonds is 2. The van der Waals surface area contributed by atoms with Gasteiger partial charge in [-0.25, -0.2) is 0 Å². The van der Waals surface area contributed by atoms with Gasteiger partial charge in [0.05, 0.1) is 0 Å². The highest BCUT2D eigenvalue weighted by Gasteiger charge is 2.40. The van der Waals surface area contributed by atoms with Crippen LogP contribution in [0.1, 0.15) is 13.8 Å². The maximum atomic E-state index is 10.9. The number of aliphatic hydroxyl groups is 2. The average Bonchev–Trinajstić information content (AvgIpc) is 2.31. The molecule has 0 aliphatic carbocycles. The Morgan fingerprint density at radius 3 is 1.65 bits per heavy atom. The van der Waals surface area contributed by atoms with E-state index in [1.807, 2.05) is 0 Å². The molecule has 98 valence electrons. The SMILES string of the molecule is CC(=O)O[C@H]1[C@H](OC(C)=O)[C@H](O)CSC[C@H]1O. The lowest BCUT2D eigenvalue weighted by Crippen LogP contribution is -2.48. The topological polar surface area (TPSA) is 93.1 Å². The third-order valence-corrected chi connectivity index (χ3v) is 3.42. The summed E-state index contributed by atoms with van der Waals surface area (Å²) in [4.78, 5) is 21.9. The van der Waals surface area contributed by atoms with Gasteiger partial charge in [0.15, 0.2) is 12.2 Å². The minimum Gasteiger partial charge on any atom is -0.456 e. The van der Waals surface area contributed by atoms with Crippen molar-refractivity contribution in [1.82, 2.24) is 0 Å². The first-order valence-corrected chi connectivity index (χ1v) is 6.35. The number of carbonyl (C=O) groups excluding carboxylic acids is 2. The lowest BCUT2D eigenvalue weighted by Gasteiger charge is -2.29. The Morgan fingerprint density at radius 2 is 1.35 bits per heavy atom. The first-order chi connectivity index (χ1) is 7.91. The van der Waals surface area contributed by atoms with Crippen LogP contribution in [0.3, 0.4) is 0 Å². The molecule has 1 fully saturated rings. The second-order valence-electron chi connectivity index (χ2n) is 3.82. The van der Waals surface area contributed by atoms with E-state index < -0.39 is 36.4 Å². The van der Waals surface area contributed by atoms with Crippen molar-refractivity contribution in [2.75, 3.05) is 11.5 Å². The van der Waals surface area contributed by atoms with E-state index >= 15 is 0 Å². The van der Waals surface area contributed by atoms with E-state index in [4.69, 9.17) is 9.47 Å². The molecule has 6 nitrogen and oxygen atoms in total. The summed E-state index contributed by atoms with van der Waals surface area (Å²) in [6.07, 6.45) is -3.99. The van der Waals surface area contributed by atoms with Gasteiger partial charge < -0.3 is 19.7 Å². The molecule has 0 saturated carbocycles. The largest absolute Gasteiger partial charge is 0.456 e. The molecule has 4 atom stereocenters. The van der Waals surface area contributed by atoms with Crippen molar-refractivity contribution in [3.8, 4) is 0 Å². The molecule has 0 amide bonds. The molecule has 1 rings (SSSR count). The van der Waals surface area contributed by atoms with Crippen LogP contribution in [0.25, 0.3) is 0 Å². The van der Waals surface area contributed by atoms with E-state index in [2.05, 4.69) is 0 Å². The Bertz CT molecular complexity index is 267. The molecule has 2 N–H and O–H groups in total. The first-order valence-electron chi connectivity index (χ1n) is 5.20. The number of carbonyl (C=O) groups is 2. The smallest absolute Gasteiger partial charge is 0.303 e. The normalized spacial score (nSPS) is 33.6. The summed E-state index contributed by atoms with van der Waals surface area (Å²) in [7, 11) is 0. The van der Waals surface area contributed by atoms with Crippen LogP contribution < -0.4 is 0 Å². The molecule has 1 heterocycles. The van der Waals surface area contributed by atoms with Crippen LogP contribution in [-0.4, -0.2) is 58.1 Å². The van der Waals surface area contributed by atoms with Crippen LogP contribution in [-0.2, 0) is 19.1 Å². The van der Waals surface area contributed by atoms with Crippen LogP contribution in [0.2, 0.25) is 0 Å². The number of hydrogen-bond acceptors (Lipinski definition) is 7. The van der Waals surface area contributed by atoms with E-state index in [0.29, 0.717) is 11.5 Å². The number of ether oxygens (including phenoxy) is 2. The number of hydrogen-bond donors (Lipinski definition) is 2. The summed E-state index contributed by atoms with van der Waals surface area (Å²) in [5.74, 6) is -0.560. The molecule has 0 spiro atoms. The molecule has 0 aromatic heterocycles. The molecule has 1 saturated heterocycles. The van der Waals surface area contributed by atoms with Crippen molar-refractivity contribution in [1.29, 1.82) is 0 Å². The van der Waals surface area contributed by atoms with Crippen LogP contribution in [0, 0.1) is 0 Å². The van der Waals surface area contributed by atoms with Gasteiger partial charge >= 0.3 is 11.9 Å². The summed E-state index contributed by atoms with van der Waals surface area (Å²) in [6.45, 7) is 2.39. The molecule has 0 aromatic rings. The highest BCUT2D eigenvalue weighted by Crippen LogP contribution is 2.23. The fourth-order valence-corrected chi connectivity index (χ4v) is 2.61. The third kappa shape index (κ3) is 4.18. The molecule has 1 aliphatic heterocycles. The van der Waals surface area contributed by atoms with E-state index in [9.17, 15) is 19.8 Å². The van der Waals surface area contributed by atoms with Gasteiger partial charge in [-0.2, -0.15) is 11.8 Å². The van der Waals surface area contributed by atoms with E-state index in [1.165, 1.54) is 25.6 Å². The molecule has 0 aromatic carbocycles. The Morgan fingerprint density at radius 1 is 1.00 bits per heavy atom. The fraction of sp³-hybridized carbons (Fsp3) is 0.800. The summed E-state index contributed by atoms with van der Waals surface area (Å²) in [5.41, 5.74) is 0. The maximum Gasteiger partial charge on any atom is 0.303 e. The Hall–Kier alpha value is -0.790. The second kappa shape index (κ2) is 6.23. The predicted octanol–water partition coefficient (Wildman–Crippen LogP) is -0.682. The quantitative estimate of drug-likeness (QED) is 0.638. The van der Waals surface area contributed by atoms with Crippen LogP contribution in [0.4, 0.5) is 0 Å². The zero-order valence-electron chi connectivity index (χ0n) is 9.66. The van der Waals surface area contributed by atoms with E-state index in [0.717, 1.165) is 0 Å². The summed E-state index contributed by atoms with van der Waals surface area (Å²) in [5, 5.41) is 19.6. The monoisotopic (exact) mass is 264 g/mol. The van der Waals surface area contributed by atoms with Crippen LogP contribution in [0.15, 0.2) is 0 Å². The van der Waals surface area contributed by atoms with Gasteiger partial charge in [0.2, 0.25) is 0 Å². The van der Waals surface area contributed by atoms with Gasteiger partial charge in [0.25, 0.3) is 0 Å². The number of aliphatic hydroxyl groups excluding tert-OH is 2. The lowest BCUT2D eigenvalue weighted by atomic mass is 10.0. The number of thioether (sulfide) groups is 1. The van der Waals surface area contributed by atoms with Gasteiger partial charge in [-0.15, -0.1) is 0 Å². The van der Waals surface area contributed by atoms with Gasteiger partial charge in [0.1, 0.15) is 12.2 Å². The first kappa shape index (κ1) is 14.3. The zero-order chi connectivity index (χ0) is 13.0. The van der Waals surface area contributed by atoms with E-state index in [-0.39, 0.29) is 0 Å². The van der Waals surface area contributed by atoms with E-state index in [1.54, 1.807) is 0 Å². The number of esters is 2. The average molecular weight is 264 g/mol. The highest BCUT2D eigenvalue weighted by atomic mass is 32.2. The van der Waals surface area contributed by atoms with Crippen molar-refractivity contribution in [2.24, 2.45) is 0 Å². The van der Waals surface area contributed by atoms with Gasteiger partial charge in [0, 0.05) is 25.4 Å². The minimum atomic E-state index is -1.03. The summed E-state index contributed by atoms with van der Waals surface area (Å²) >= 11 is 1.31. The Balaban J connectivity index is 2.85. The lowest BCUT2D eigenvalue weighted by molar-refractivity contribution is -0.182. The molecule has 0 bridgehead atoms. The van der Waals surface area contributed by atoms with Gasteiger partial charge in [-0.1, -0.05) is 0 Å². The molecule has 1 aliphatic rings. The molecule has 0 unspecified atom stereocenters. The minimum absolute atomic E-state index is 0.312. The molecule has 0 radical (unpaired) electrons. The van der Waals surface area contributed by atoms with Crippen molar-refractivity contribution in [3.05, 3.63) is 0 Å². The van der Waals surface area contributed by atoms with Crippen molar-refractivity contribution < 1.29 is 29.3 Å². The van der Waals surface area contributed by atoms with Crippen molar-refractivity contribution in [3.63, 3.8) is 0 Å². The second-order valence-corrected chi connectivity index (χ2v) is 4.90. The van der Waals surface area contributed by atoms with Crippen LogP contribution >= 0.6 is 11.8 Å². The van der Waals surface area contributed by atoms with Crippen molar-refractivity contribution in [2.45, 2.75) is 38.3 Å². The zero-order valence-corrected chi connectivity index (χ0v) is 10.5. The van der Waals surface area contributed by atoms with Gasteiger partial charge in [-0.05, 0) is 0 Å².